The van der Waals surface area contributed by atoms with Crippen molar-refractivity contribution in [3.8, 4) is 0 Å². The molecular formula is C15H22ClN3O2. The van der Waals surface area contributed by atoms with E-state index in [9.17, 15) is 4.79 Å². The SMILES string of the molecule is O=C(Nc1cccc(Cl)c1)N1CCCN(CCCO)CC1. The number of anilines is 1. The number of benzene rings is 1. The first kappa shape index (κ1) is 16.1. The van der Waals surface area contributed by atoms with E-state index in [1.165, 1.54) is 0 Å². The van der Waals surface area contributed by atoms with Gasteiger partial charge in [0.15, 0.2) is 0 Å². The second-order valence-corrected chi connectivity index (χ2v) is 5.64. The molecule has 1 aromatic carbocycles. The maximum Gasteiger partial charge on any atom is 0.321 e. The number of rotatable bonds is 4. The highest BCUT2D eigenvalue weighted by Gasteiger charge is 2.18. The fraction of sp³-hybridized carbons (Fsp3) is 0.533. The van der Waals surface area contributed by atoms with Crippen molar-refractivity contribution >= 4 is 23.3 Å². The summed E-state index contributed by atoms with van der Waals surface area (Å²) in [6.07, 6.45) is 1.74. The van der Waals surface area contributed by atoms with E-state index in [-0.39, 0.29) is 12.6 Å². The third kappa shape index (κ3) is 5.19. The minimum atomic E-state index is -0.0822. The van der Waals surface area contributed by atoms with E-state index < -0.39 is 0 Å². The normalized spacial score (nSPS) is 16.6. The van der Waals surface area contributed by atoms with Gasteiger partial charge in [0, 0.05) is 43.5 Å². The Kier molecular flexibility index (Phi) is 6.29. The molecule has 0 bridgehead atoms. The summed E-state index contributed by atoms with van der Waals surface area (Å²) >= 11 is 5.92. The van der Waals surface area contributed by atoms with E-state index in [0.717, 1.165) is 39.0 Å². The second kappa shape index (κ2) is 8.22. The monoisotopic (exact) mass is 311 g/mol. The van der Waals surface area contributed by atoms with Crippen LogP contribution in [0.1, 0.15) is 12.8 Å². The van der Waals surface area contributed by atoms with Gasteiger partial charge in [-0.25, -0.2) is 4.79 Å². The van der Waals surface area contributed by atoms with Crippen molar-refractivity contribution in [2.45, 2.75) is 12.8 Å². The number of hydrogen-bond donors (Lipinski definition) is 2. The zero-order valence-electron chi connectivity index (χ0n) is 12.1. The third-order valence-corrected chi connectivity index (χ3v) is 3.82. The van der Waals surface area contributed by atoms with Crippen LogP contribution in [-0.2, 0) is 0 Å². The van der Waals surface area contributed by atoms with Gasteiger partial charge in [-0.1, -0.05) is 17.7 Å². The first-order valence-electron chi connectivity index (χ1n) is 7.34. The Morgan fingerprint density at radius 3 is 2.90 bits per heavy atom. The molecule has 1 aliphatic rings. The van der Waals surface area contributed by atoms with E-state index in [1.807, 2.05) is 17.0 Å². The molecule has 0 spiro atoms. The summed E-state index contributed by atoms with van der Waals surface area (Å²) in [5.41, 5.74) is 0.717. The Bertz CT molecular complexity index is 470. The number of aliphatic hydroxyl groups excluding tert-OH is 1. The number of nitrogens with one attached hydrogen (secondary N) is 1. The molecule has 1 saturated heterocycles. The van der Waals surface area contributed by atoms with Crippen LogP contribution in [0.25, 0.3) is 0 Å². The maximum atomic E-state index is 12.3. The Labute approximate surface area is 130 Å². The molecule has 0 aliphatic carbocycles. The molecule has 1 heterocycles. The molecule has 5 nitrogen and oxygen atoms in total. The lowest BCUT2D eigenvalue weighted by Crippen LogP contribution is -2.38. The van der Waals surface area contributed by atoms with Crippen LogP contribution >= 0.6 is 11.6 Å². The van der Waals surface area contributed by atoms with Crippen LogP contribution in [0.5, 0.6) is 0 Å². The summed E-state index contributed by atoms with van der Waals surface area (Å²) in [5.74, 6) is 0. The zero-order chi connectivity index (χ0) is 15.1. The van der Waals surface area contributed by atoms with Crippen LogP contribution < -0.4 is 5.32 Å². The fourth-order valence-corrected chi connectivity index (χ4v) is 2.65. The van der Waals surface area contributed by atoms with Gasteiger partial charge >= 0.3 is 6.03 Å². The van der Waals surface area contributed by atoms with Crippen molar-refractivity contribution in [2.75, 3.05) is 44.6 Å². The van der Waals surface area contributed by atoms with Crippen LogP contribution in [-0.4, -0.2) is 60.3 Å². The highest BCUT2D eigenvalue weighted by molar-refractivity contribution is 6.30. The van der Waals surface area contributed by atoms with Crippen LogP contribution in [0, 0.1) is 0 Å². The van der Waals surface area contributed by atoms with E-state index >= 15 is 0 Å². The van der Waals surface area contributed by atoms with Gasteiger partial charge in [0.1, 0.15) is 0 Å². The van der Waals surface area contributed by atoms with E-state index in [4.69, 9.17) is 16.7 Å². The molecule has 21 heavy (non-hydrogen) atoms. The number of carbonyl (C=O) groups excluding carboxylic acids is 1. The Morgan fingerprint density at radius 1 is 1.29 bits per heavy atom. The highest BCUT2D eigenvalue weighted by atomic mass is 35.5. The molecule has 1 fully saturated rings. The number of amides is 2. The van der Waals surface area contributed by atoms with Crippen molar-refractivity contribution in [3.63, 3.8) is 0 Å². The van der Waals surface area contributed by atoms with Crippen LogP contribution in [0.15, 0.2) is 24.3 Å². The van der Waals surface area contributed by atoms with Crippen molar-refractivity contribution in [1.29, 1.82) is 0 Å². The zero-order valence-corrected chi connectivity index (χ0v) is 12.9. The van der Waals surface area contributed by atoms with Crippen LogP contribution in [0.3, 0.4) is 0 Å². The van der Waals surface area contributed by atoms with Crippen molar-refractivity contribution < 1.29 is 9.90 Å². The average molecular weight is 312 g/mol. The van der Waals surface area contributed by atoms with Crippen molar-refractivity contribution in [2.24, 2.45) is 0 Å². The number of halogens is 1. The smallest absolute Gasteiger partial charge is 0.321 e. The number of nitrogens with zero attached hydrogens (tertiary/aromatic N) is 2. The Hall–Kier alpha value is -1.30. The summed E-state index contributed by atoms with van der Waals surface area (Å²) in [5, 5.41) is 12.4. The van der Waals surface area contributed by atoms with Gasteiger partial charge in [0.2, 0.25) is 0 Å². The standard InChI is InChI=1S/C15H22ClN3O2/c16-13-4-1-5-14(12-13)17-15(21)19-8-2-6-18(9-10-19)7-3-11-20/h1,4-5,12,20H,2-3,6-11H2,(H,17,21). The molecule has 2 N–H and O–H groups in total. The first-order valence-corrected chi connectivity index (χ1v) is 7.71. The summed E-state index contributed by atoms with van der Waals surface area (Å²) < 4.78 is 0. The van der Waals surface area contributed by atoms with Gasteiger partial charge in [0.25, 0.3) is 0 Å². The summed E-state index contributed by atoms with van der Waals surface area (Å²) in [7, 11) is 0. The molecule has 2 amide bonds. The highest BCUT2D eigenvalue weighted by Crippen LogP contribution is 2.15. The van der Waals surface area contributed by atoms with E-state index in [1.54, 1.807) is 12.1 Å². The minimum Gasteiger partial charge on any atom is -0.396 e. The minimum absolute atomic E-state index is 0.0822. The molecule has 0 radical (unpaired) electrons. The lowest BCUT2D eigenvalue weighted by molar-refractivity contribution is 0.207. The number of carbonyl (C=O) groups is 1. The molecule has 6 heteroatoms. The van der Waals surface area contributed by atoms with Gasteiger partial charge in [0.05, 0.1) is 0 Å². The number of hydrogen-bond acceptors (Lipinski definition) is 3. The van der Waals surface area contributed by atoms with Gasteiger partial charge < -0.3 is 20.2 Å². The lowest BCUT2D eigenvalue weighted by atomic mass is 10.3. The molecule has 1 aromatic rings. The predicted molar refractivity (Wildman–Crippen MR) is 84.8 cm³/mol. The molecule has 1 aliphatic heterocycles. The molecule has 0 aromatic heterocycles. The van der Waals surface area contributed by atoms with Gasteiger partial charge in [-0.15, -0.1) is 0 Å². The molecule has 0 atom stereocenters. The summed E-state index contributed by atoms with van der Waals surface area (Å²) in [6, 6.07) is 7.08. The number of aliphatic hydroxyl groups is 1. The van der Waals surface area contributed by atoms with Gasteiger partial charge in [-0.2, -0.15) is 0 Å². The lowest BCUT2D eigenvalue weighted by Gasteiger charge is -2.22. The van der Waals surface area contributed by atoms with E-state index in [2.05, 4.69) is 10.2 Å². The van der Waals surface area contributed by atoms with E-state index in [0.29, 0.717) is 17.3 Å². The summed E-state index contributed by atoms with van der Waals surface area (Å²) in [6.45, 7) is 4.39. The third-order valence-electron chi connectivity index (χ3n) is 3.58. The fourth-order valence-electron chi connectivity index (χ4n) is 2.46. The molecular weight excluding hydrogens is 290 g/mol. The summed E-state index contributed by atoms with van der Waals surface area (Å²) in [4.78, 5) is 16.4. The maximum absolute atomic E-state index is 12.3. The average Bonchev–Trinajstić information content (AvgIpc) is 2.70. The molecule has 0 unspecified atom stereocenters. The Morgan fingerprint density at radius 2 is 2.14 bits per heavy atom. The molecule has 116 valence electrons. The van der Waals surface area contributed by atoms with Crippen molar-refractivity contribution in [1.82, 2.24) is 9.80 Å². The van der Waals surface area contributed by atoms with Crippen LogP contribution in [0.4, 0.5) is 10.5 Å². The van der Waals surface area contributed by atoms with Gasteiger partial charge in [-0.3, -0.25) is 0 Å². The Balaban J connectivity index is 1.85. The number of urea groups is 1. The largest absolute Gasteiger partial charge is 0.396 e. The second-order valence-electron chi connectivity index (χ2n) is 5.20. The molecule has 2 rings (SSSR count). The van der Waals surface area contributed by atoms with Crippen molar-refractivity contribution in [3.05, 3.63) is 29.3 Å². The quantitative estimate of drug-likeness (QED) is 0.897. The van der Waals surface area contributed by atoms with Gasteiger partial charge in [-0.05, 0) is 37.6 Å². The predicted octanol–water partition coefficient (Wildman–Crippen LogP) is 2.26. The molecule has 0 saturated carbocycles. The first-order chi connectivity index (χ1) is 10.2. The van der Waals surface area contributed by atoms with Crippen LogP contribution in [0.2, 0.25) is 5.02 Å². The topological polar surface area (TPSA) is 55.8 Å².